The summed E-state index contributed by atoms with van der Waals surface area (Å²) in [5.74, 6) is 0.212. The molecule has 0 bridgehead atoms. The Bertz CT molecular complexity index is 678. The highest BCUT2D eigenvalue weighted by atomic mass is 16.1. The van der Waals surface area contributed by atoms with Gasteiger partial charge in [-0.2, -0.15) is 0 Å². The molecular formula is C21H24O2. The highest BCUT2D eigenvalue weighted by Gasteiger charge is 2.10. The number of ketones is 2. The van der Waals surface area contributed by atoms with Gasteiger partial charge in [0.2, 0.25) is 0 Å². The Hall–Kier alpha value is -2.22. The van der Waals surface area contributed by atoms with Crippen LogP contribution in [0.1, 0.15) is 70.7 Å². The lowest BCUT2D eigenvalue weighted by atomic mass is 9.93. The van der Waals surface area contributed by atoms with E-state index in [1.54, 1.807) is 13.8 Å². The van der Waals surface area contributed by atoms with Gasteiger partial charge in [-0.05, 0) is 67.5 Å². The predicted octanol–water partition coefficient (Wildman–Crippen LogP) is 4.81. The molecule has 0 N–H and O–H groups in total. The molecule has 0 unspecified atom stereocenters. The first-order valence-corrected chi connectivity index (χ1v) is 8.21. The second kappa shape index (κ2) is 7.36. The van der Waals surface area contributed by atoms with Gasteiger partial charge in [0.15, 0.2) is 11.6 Å². The fraction of sp³-hybridized carbons (Fsp3) is 0.333. The maximum Gasteiger partial charge on any atom is 0.160 e. The zero-order valence-corrected chi connectivity index (χ0v) is 14.4. The Morgan fingerprint density at radius 1 is 0.739 bits per heavy atom. The number of carbonyl (C=O) groups excluding carboxylic acids is 2. The lowest BCUT2D eigenvalue weighted by Gasteiger charge is -2.11. The highest BCUT2D eigenvalue weighted by molar-refractivity contribution is 5.96. The minimum absolute atomic E-state index is 0.106. The van der Waals surface area contributed by atoms with Crippen molar-refractivity contribution in [1.29, 1.82) is 0 Å². The summed E-state index contributed by atoms with van der Waals surface area (Å²) in [6.07, 6.45) is 2.44. The third kappa shape index (κ3) is 3.95. The van der Waals surface area contributed by atoms with Crippen LogP contribution in [0.25, 0.3) is 0 Å². The molecule has 0 spiro atoms. The molecule has 2 heteroatoms. The van der Waals surface area contributed by atoms with Crippen molar-refractivity contribution in [2.75, 3.05) is 0 Å². The Morgan fingerprint density at radius 2 is 1.13 bits per heavy atom. The topological polar surface area (TPSA) is 34.1 Å². The van der Waals surface area contributed by atoms with Crippen molar-refractivity contribution in [1.82, 2.24) is 0 Å². The molecule has 0 saturated heterocycles. The summed E-state index contributed by atoms with van der Waals surface area (Å²) in [6.45, 7) is 7.35. The van der Waals surface area contributed by atoms with Gasteiger partial charge in [-0.15, -0.1) is 0 Å². The van der Waals surface area contributed by atoms with Gasteiger partial charge in [-0.3, -0.25) is 9.59 Å². The van der Waals surface area contributed by atoms with Crippen molar-refractivity contribution in [3.63, 3.8) is 0 Å². The van der Waals surface area contributed by atoms with Gasteiger partial charge in [0.1, 0.15) is 0 Å². The minimum atomic E-state index is 0.106. The molecule has 23 heavy (non-hydrogen) atoms. The molecule has 0 atom stereocenters. The first kappa shape index (κ1) is 17.1. The number of hydrogen-bond donors (Lipinski definition) is 0. The Balaban J connectivity index is 2.36. The molecule has 0 saturated carbocycles. The van der Waals surface area contributed by atoms with Crippen LogP contribution in [-0.2, 0) is 19.3 Å². The van der Waals surface area contributed by atoms with Crippen molar-refractivity contribution in [3.05, 3.63) is 69.8 Å². The predicted molar refractivity (Wildman–Crippen MR) is 94.5 cm³/mol. The number of aryl methyl sites for hydroxylation is 2. The smallest absolute Gasteiger partial charge is 0.160 e. The van der Waals surface area contributed by atoms with E-state index >= 15 is 0 Å². The van der Waals surface area contributed by atoms with Crippen LogP contribution in [0.4, 0.5) is 0 Å². The van der Waals surface area contributed by atoms with Gasteiger partial charge in [-0.25, -0.2) is 0 Å². The molecule has 2 aromatic carbocycles. The van der Waals surface area contributed by atoms with Crippen molar-refractivity contribution in [3.8, 4) is 0 Å². The van der Waals surface area contributed by atoms with Crippen LogP contribution in [0.5, 0.6) is 0 Å². The average molecular weight is 308 g/mol. The Morgan fingerprint density at radius 3 is 1.43 bits per heavy atom. The Kier molecular flexibility index (Phi) is 5.49. The normalized spacial score (nSPS) is 10.6. The van der Waals surface area contributed by atoms with E-state index in [4.69, 9.17) is 0 Å². The summed E-state index contributed by atoms with van der Waals surface area (Å²) in [5.41, 5.74) is 6.00. The van der Waals surface area contributed by atoms with E-state index in [1.807, 2.05) is 24.3 Å². The molecule has 0 aliphatic carbocycles. The van der Waals surface area contributed by atoms with Crippen LogP contribution >= 0.6 is 0 Å². The van der Waals surface area contributed by atoms with Gasteiger partial charge in [0.25, 0.3) is 0 Å². The molecule has 0 amide bonds. The number of carbonyl (C=O) groups is 2. The van der Waals surface area contributed by atoms with Crippen molar-refractivity contribution in [2.24, 2.45) is 0 Å². The standard InChI is InChI=1S/C21H24O2/c1-5-18-9-7-16(12-20(18)14(3)22)11-17-8-10-19(6-2)21(13-17)15(4)23/h7-10,12-13H,5-6,11H2,1-4H3. The van der Waals surface area contributed by atoms with Crippen LogP contribution in [0.15, 0.2) is 36.4 Å². The van der Waals surface area contributed by atoms with Crippen LogP contribution in [0, 0.1) is 0 Å². The number of hydrogen-bond acceptors (Lipinski definition) is 2. The summed E-state index contributed by atoms with van der Waals surface area (Å²) < 4.78 is 0. The highest BCUT2D eigenvalue weighted by Crippen LogP contribution is 2.19. The lowest BCUT2D eigenvalue weighted by Crippen LogP contribution is -2.03. The fourth-order valence-electron chi connectivity index (χ4n) is 2.97. The van der Waals surface area contributed by atoms with Crippen LogP contribution in [-0.4, -0.2) is 11.6 Å². The molecule has 0 aliphatic heterocycles. The number of Topliss-reactive ketones (excluding diaryl/α,β-unsaturated/α-hetero) is 2. The van der Waals surface area contributed by atoms with Crippen molar-refractivity contribution in [2.45, 2.75) is 47.0 Å². The van der Waals surface area contributed by atoms with Gasteiger partial charge in [-0.1, -0.05) is 38.1 Å². The molecule has 2 rings (SSSR count). The SMILES string of the molecule is CCc1ccc(Cc2ccc(CC)c(C(C)=O)c2)cc1C(C)=O. The summed E-state index contributed by atoms with van der Waals surface area (Å²) in [5, 5.41) is 0. The summed E-state index contributed by atoms with van der Waals surface area (Å²) >= 11 is 0. The van der Waals surface area contributed by atoms with Crippen molar-refractivity contribution >= 4 is 11.6 Å². The quantitative estimate of drug-likeness (QED) is 0.718. The van der Waals surface area contributed by atoms with Crippen LogP contribution < -0.4 is 0 Å². The van der Waals surface area contributed by atoms with E-state index in [0.29, 0.717) is 0 Å². The second-order valence-electron chi connectivity index (χ2n) is 5.98. The lowest BCUT2D eigenvalue weighted by molar-refractivity contribution is 0.100. The van der Waals surface area contributed by atoms with E-state index in [-0.39, 0.29) is 11.6 Å². The van der Waals surface area contributed by atoms with Crippen molar-refractivity contribution < 1.29 is 9.59 Å². The molecule has 0 radical (unpaired) electrons. The average Bonchev–Trinajstić information content (AvgIpc) is 2.54. The van der Waals surface area contributed by atoms with Gasteiger partial charge >= 0.3 is 0 Å². The zero-order chi connectivity index (χ0) is 17.0. The molecule has 0 fully saturated rings. The zero-order valence-electron chi connectivity index (χ0n) is 14.4. The monoisotopic (exact) mass is 308 g/mol. The van der Waals surface area contributed by atoms with Gasteiger partial charge in [0.05, 0.1) is 0 Å². The number of rotatable bonds is 6. The fourth-order valence-corrected chi connectivity index (χ4v) is 2.97. The molecule has 2 nitrogen and oxygen atoms in total. The summed E-state index contributed by atoms with van der Waals surface area (Å²) in [6, 6.07) is 12.2. The van der Waals surface area contributed by atoms with E-state index in [2.05, 4.69) is 26.0 Å². The minimum Gasteiger partial charge on any atom is -0.295 e. The molecule has 2 aromatic rings. The third-order valence-electron chi connectivity index (χ3n) is 4.28. The maximum absolute atomic E-state index is 11.8. The molecule has 0 aliphatic rings. The van der Waals surface area contributed by atoms with E-state index < -0.39 is 0 Å². The first-order chi connectivity index (χ1) is 11.0. The second-order valence-corrected chi connectivity index (χ2v) is 5.98. The number of benzene rings is 2. The third-order valence-corrected chi connectivity index (χ3v) is 4.28. The largest absolute Gasteiger partial charge is 0.295 e. The summed E-state index contributed by atoms with van der Waals surface area (Å²) in [4.78, 5) is 23.6. The molecule has 0 heterocycles. The van der Waals surface area contributed by atoms with Gasteiger partial charge < -0.3 is 0 Å². The van der Waals surface area contributed by atoms with E-state index in [1.165, 1.54) is 0 Å². The van der Waals surface area contributed by atoms with E-state index in [0.717, 1.165) is 52.6 Å². The Labute approximate surface area is 138 Å². The maximum atomic E-state index is 11.8. The summed E-state index contributed by atoms with van der Waals surface area (Å²) in [7, 11) is 0. The molecular weight excluding hydrogens is 284 g/mol. The first-order valence-electron chi connectivity index (χ1n) is 8.21. The van der Waals surface area contributed by atoms with Crippen LogP contribution in [0.3, 0.4) is 0 Å². The van der Waals surface area contributed by atoms with E-state index in [9.17, 15) is 9.59 Å². The van der Waals surface area contributed by atoms with Gasteiger partial charge in [0, 0.05) is 11.1 Å². The van der Waals surface area contributed by atoms with Crippen LogP contribution in [0.2, 0.25) is 0 Å². The molecule has 120 valence electrons. The molecule has 0 aromatic heterocycles.